The molecule has 2 aromatic rings. The molecule has 0 aliphatic heterocycles. The fourth-order valence-corrected chi connectivity index (χ4v) is 1.20. The lowest BCUT2D eigenvalue weighted by molar-refractivity contribution is 0.965. The maximum absolute atomic E-state index is 4.36. The number of anilines is 1. The molecule has 0 unspecified atom stereocenters. The van der Waals surface area contributed by atoms with Crippen LogP contribution in [0.1, 0.15) is 17.2 Å². The zero-order valence-corrected chi connectivity index (χ0v) is 8.78. The van der Waals surface area contributed by atoms with E-state index < -0.39 is 0 Å². The van der Waals surface area contributed by atoms with Gasteiger partial charge >= 0.3 is 0 Å². The average molecular weight is 203 g/mol. The first-order valence-electron chi connectivity index (χ1n) is 4.78. The van der Waals surface area contributed by atoms with E-state index in [0.29, 0.717) is 6.54 Å². The molecule has 2 heterocycles. The number of aryl methyl sites for hydroxylation is 2. The van der Waals surface area contributed by atoms with Crippen molar-refractivity contribution in [2.45, 2.75) is 20.4 Å². The second-order valence-electron chi connectivity index (χ2n) is 3.32. The van der Waals surface area contributed by atoms with E-state index in [-0.39, 0.29) is 0 Å². The van der Waals surface area contributed by atoms with E-state index in [9.17, 15) is 0 Å². The molecule has 15 heavy (non-hydrogen) atoms. The van der Waals surface area contributed by atoms with Crippen LogP contribution in [0.15, 0.2) is 18.6 Å². The maximum Gasteiger partial charge on any atom is 0.145 e. The van der Waals surface area contributed by atoms with E-state index in [1.807, 2.05) is 13.8 Å². The maximum atomic E-state index is 4.36. The SMILES string of the molecule is Cc1ncc(NCc2ncc[nH]2)nc1C. The van der Waals surface area contributed by atoms with Gasteiger partial charge in [0.15, 0.2) is 0 Å². The van der Waals surface area contributed by atoms with Crippen molar-refractivity contribution in [2.75, 3.05) is 5.32 Å². The van der Waals surface area contributed by atoms with Crippen LogP contribution in [0.2, 0.25) is 0 Å². The lowest BCUT2D eigenvalue weighted by atomic mass is 10.3. The molecule has 5 heteroatoms. The van der Waals surface area contributed by atoms with Crippen LogP contribution >= 0.6 is 0 Å². The summed E-state index contributed by atoms with van der Waals surface area (Å²) in [6.45, 7) is 4.52. The fraction of sp³-hybridized carbons (Fsp3) is 0.300. The number of rotatable bonds is 3. The van der Waals surface area contributed by atoms with E-state index in [2.05, 4.69) is 25.3 Å². The first-order chi connectivity index (χ1) is 7.25. The molecule has 0 saturated heterocycles. The average Bonchev–Trinajstić information content (AvgIpc) is 2.73. The summed E-state index contributed by atoms with van der Waals surface area (Å²) in [7, 11) is 0. The van der Waals surface area contributed by atoms with Gasteiger partial charge in [0, 0.05) is 12.4 Å². The highest BCUT2D eigenvalue weighted by molar-refractivity contribution is 5.33. The summed E-state index contributed by atoms with van der Waals surface area (Å²) in [5.74, 6) is 1.66. The van der Waals surface area contributed by atoms with Gasteiger partial charge in [0.25, 0.3) is 0 Å². The molecule has 5 nitrogen and oxygen atoms in total. The standard InChI is InChI=1S/C10H13N5/c1-7-8(2)15-10(6-13-7)14-5-9-11-3-4-12-9/h3-4,6H,5H2,1-2H3,(H,11,12)(H,14,15). The Morgan fingerprint density at radius 1 is 1.27 bits per heavy atom. The summed E-state index contributed by atoms with van der Waals surface area (Å²) in [6.07, 6.45) is 5.25. The van der Waals surface area contributed by atoms with Crippen molar-refractivity contribution in [3.8, 4) is 0 Å². The number of hydrogen-bond donors (Lipinski definition) is 2. The Bertz CT molecular complexity index is 435. The Kier molecular flexibility index (Phi) is 2.62. The van der Waals surface area contributed by atoms with Crippen molar-refractivity contribution in [3.05, 3.63) is 35.8 Å². The Morgan fingerprint density at radius 2 is 2.13 bits per heavy atom. The van der Waals surface area contributed by atoms with Crippen molar-refractivity contribution in [2.24, 2.45) is 0 Å². The summed E-state index contributed by atoms with van der Waals surface area (Å²) in [5.41, 5.74) is 1.90. The zero-order chi connectivity index (χ0) is 10.7. The molecule has 0 fully saturated rings. The minimum atomic E-state index is 0.629. The van der Waals surface area contributed by atoms with E-state index in [1.165, 1.54) is 0 Å². The van der Waals surface area contributed by atoms with Crippen LogP contribution in [-0.4, -0.2) is 19.9 Å². The minimum Gasteiger partial charge on any atom is -0.362 e. The number of hydrogen-bond acceptors (Lipinski definition) is 4. The normalized spacial score (nSPS) is 10.3. The number of aromatic amines is 1. The molecular weight excluding hydrogens is 190 g/mol. The van der Waals surface area contributed by atoms with E-state index in [1.54, 1.807) is 18.6 Å². The molecular formula is C10H13N5. The van der Waals surface area contributed by atoms with Crippen LogP contribution in [0.4, 0.5) is 5.82 Å². The molecule has 78 valence electrons. The zero-order valence-electron chi connectivity index (χ0n) is 8.78. The van der Waals surface area contributed by atoms with Gasteiger partial charge in [0.2, 0.25) is 0 Å². The van der Waals surface area contributed by atoms with Gasteiger partial charge in [-0.2, -0.15) is 0 Å². The Labute approximate surface area is 88.0 Å². The van der Waals surface area contributed by atoms with Crippen molar-refractivity contribution in [3.63, 3.8) is 0 Å². The summed E-state index contributed by atoms with van der Waals surface area (Å²) in [6, 6.07) is 0. The van der Waals surface area contributed by atoms with Crippen LogP contribution < -0.4 is 5.32 Å². The van der Waals surface area contributed by atoms with Crippen LogP contribution in [0.25, 0.3) is 0 Å². The van der Waals surface area contributed by atoms with Gasteiger partial charge < -0.3 is 10.3 Å². The molecule has 2 aromatic heterocycles. The predicted molar refractivity (Wildman–Crippen MR) is 57.4 cm³/mol. The molecule has 0 spiro atoms. The third kappa shape index (κ3) is 2.31. The number of H-pyrrole nitrogens is 1. The predicted octanol–water partition coefficient (Wildman–Crippen LogP) is 1.43. The molecule has 0 aromatic carbocycles. The highest BCUT2D eigenvalue weighted by atomic mass is 15.0. The van der Waals surface area contributed by atoms with Gasteiger partial charge in [-0.3, -0.25) is 4.98 Å². The van der Waals surface area contributed by atoms with Crippen molar-refractivity contribution in [1.82, 2.24) is 19.9 Å². The van der Waals surface area contributed by atoms with Gasteiger partial charge in [-0.15, -0.1) is 0 Å². The second-order valence-corrected chi connectivity index (χ2v) is 3.32. The third-order valence-corrected chi connectivity index (χ3v) is 2.18. The first-order valence-corrected chi connectivity index (χ1v) is 4.78. The van der Waals surface area contributed by atoms with E-state index >= 15 is 0 Å². The monoisotopic (exact) mass is 203 g/mol. The van der Waals surface area contributed by atoms with Crippen molar-refractivity contribution < 1.29 is 0 Å². The molecule has 0 radical (unpaired) electrons. The van der Waals surface area contributed by atoms with E-state index in [0.717, 1.165) is 23.0 Å². The minimum absolute atomic E-state index is 0.629. The second kappa shape index (κ2) is 4.08. The lowest BCUT2D eigenvalue weighted by Gasteiger charge is -2.05. The van der Waals surface area contributed by atoms with Crippen LogP contribution in [0, 0.1) is 13.8 Å². The summed E-state index contributed by atoms with van der Waals surface area (Å²) >= 11 is 0. The Morgan fingerprint density at radius 3 is 2.80 bits per heavy atom. The Balaban J connectivity index is 2.02. The number of nitrogens with zero attached hydrogens (tertiary/aromatic N) is 3. The van der Waals surface area contributed by atoms with Crippen molar-refractivity contribution >= 4 is 5.82 Å². The fourth-order valence-electron chi connectivity index (χ4n) is 1.20. The van der Waals surface area contributed by atoms with Gasteiger partial charge in [-0.05, 0) is 13.8 Å². The molecule has 0 aliphatic rings. The molecule has 0 aliphatic carbocycles. The first kappa shape index (κ1) is 9.64. The largest absolute Gasteiger partial charge is 0.362 e. The quantitative estimate of drug-likeness (QED) is 0.791. The van der Waals surface area contributed by atoms with Crippen LogP contribution in [0.3, 0.4) is 0 Å². The smallest absolute Gasteiger partial charge is 0.145 e. The molecule has 2 rings (SSSR count). The van der Waals surface area contributed by atoms with Gasteiger partial charge in [-0.25, -0.2) is 9.97 Å². The van der Waals surface area contributed by atoms with Gasteiger partial charge in [-0.1, -0.05) is 0 Å². The number of imidazole rings is 1. The van der Waals surface area contributed by atoms with Crippen molar-refractivity contribution in [1.29, 1.82) is 0 Å². The number of aromatic nitrogens is 4. The lowest BCUT2D eigenvalue weighted by Crippen LogP contribution is -2.04. The van der Waals surface area contributed by atoms with E-state index in [4.69, 9.17) is 0 Å². The highest BCUT2D eigenvalue weighted by Gasteiger charge is 1.99. The van der Waals surface area contributed by atoms with Gasteiger partial charge in [0.05, 0.1) is 24.1 Å². The summed E-state index contributed by atoms with van der Waals surface area (Å²) in [4.78, 5) is 15.7. The highest BCUT2D eigenvalue weighted by Crippen LogP contribution is 2.06. The topological polar surface area (TPSA) is 66.5 Å². The van der Waals surface area contributed by atoms with Crippen LogP contribution in [0.5, 0.6) is 0 Å². The number of nitrogens with one attached hydrogen (secondary N) is 2. The third-order valence-electron chi connectivity index (χ3n) is 2.18. The summed E-state index contributed by atoms with van der Waals surface area (Å²) < 4.78 is 0. The van der Waals surface area contributed by atoms with Crippen LogP contribution in [-0.2, 0) is 6.54 Å². The Hall–Kier alpha value is -1.91. The van der Waals surface area contributed by atoms with Gasteiger partial charge in [0.1, 0.15) is 11.6 Å². The molecule has 0 saturated carbocycles. The molecule has 0 atom stereocenters. The molecule has 0 bridgehead atoms. The summed E-state index contributed by atoms with van der Waals surface area (Å²) in [5, 5.41) is 3.15. The molecule has 0 amide bonds. The molecule has 2 N–H and O–H groups in total.